The summed E-state index contributed by atoms with van der Waals surface area (Å²) in [7, 11) is 1.36. The lowest BCUT2D eigenvalue weighted by Crippen LogP contribution is -2.02. The van der Waals surface area contributed by atoms with Crippen LogP contribution in [-0.2, 0) is 0 Å². The Morgan fingerprint density at radius 3 is 2.78 bits per heavy atom. The van der Waals surface area contributed by atoms with Crippen LogP contribution in [-0.4, -0.2) is 29.5 Å². The zero-order valence-corrected chi connectivity index (χ0v) is 10.2. The van der Waals surface area contributed by atoms with Gasteiger partial charge in [0, 0.05) is 11.8 Å². The molecule has 0 spiro atoms. The first-order valence-corrected chi connectivity index (χ1v) is 5.85. The first-order chi connectivity index (χ1) is 8.65. The number of nitrogens with zero attached hydrogens (tertiary/aromatic N) is 1. The van der Waals surface area contributed by atoms with Crippen LogP contribution in [0, 0.1) is 0 Å². The Morgan fingerprint density at radius 1 is 1.44 bits per heavy atom. The highest BCUT2D eigenvalue weighted by Gasteiger charge is 2.14. The highest BCUT2D eigenvalue weighted by molar-refractivity contribution is 7.12. The molecular formula is C12H9NO4S. The normalized spacial score (nSPS) is 10.1. The number of carboxylic acid groups (broad SMARTS) is 1. The van der Waals surface area contributed by atoms with Crippen molar-refractivity contribution in [3.8, 4) is 17.0 Å². The number of hydrogen-bond donors (Lipinski definition) is 1. The van der Waals surface area contributed by atoms with Gasteiger partial charge in [0.1, 0.15) is 5.56 Å². The number of methoxy groups -OCH3 is 1. The van der Waals surface area contributed by atoms with Gasteiger partial charge in [-0.05, 0) is 23.1 Å². The quantitative estimate of drug-likeness (QED) is 0.857. The lowest BCUT2D eigenvalue weighted by molar-refractivity contribution is 0.0692. The van der Waals surface area contributed by atoms with Crippen LogP contribution in [0.2, 0.25) is 0 Å². The zero-order valence-electron chi connectivity index (χ0n) is 9.41. The number of aldehydes is 1. The smallest absolute Gasteiger partial charge is 0.341 e. The molecule has 0 aliphatic carbocycles. The van der Waals surface area contributed by atoms with Gasteiger partial charge in [-0.3, -0.25) is 4.79 Å². The van der Waals surface area contributed by atoms with Crippen LogP contribution in [0.3, 0.4) is 0 Å². The molecule has 0 saturated heterocycles. The van der Waals surface area contributed by atoms with Gasteiger partial charge in [0.25, 0.3) is 0 Å². The standard InChI is InChI=1S/C12H9NO4S/c1-17-11-10(12(15)16)3-7(4-13-11)8-2-9(5-14)18-6-8/h2-6H,1H3,(H,15,16). The van der Waals surface area contributed by atoms with Gasteiger partial charge in [-0.25, -0.2) is 9.78 Å². The van der Waals surface area contributed by atoms with E-state index in [-0.39, 0.29) is 11.4 Å². The van der Waals surface area contributed by atoms with Crippen molar-refractivity contribution >= 4 is 23.6 Å². The monoisotopic (exact) mass is 263 g/mol. The molecule has 0 fully saturated rings. The average molecular weight is 263 g/mol. The Labute approximate surface area is 107 Å². The Hall–Kier alpha value is -2.21. The summed E-state index contributed by atoms with van der Waals surface area (Å²) in [6.45, 7) is 0. The number of rotatable bonds is 4. The minimum atomic E-state index is -1.10. The predicted molar refractivity (Wildman–Crippen MR) is 66.4 cm³/mol. The van der Waals surface area contributed by atoms with E-state index in [1.807, 2.05) is 0 Å². The van der Waals surface area contributed by atoms with Crippen LogP contribution in [0.4, 0.5) is 0 Å². The number of aromatic carboxylic acids is 1. The van der Waals surface area contributed by atoms with Crippen LogP contribution >= 0.6 is 11.3 Å². The molecule has 2 heterocycles. The number of carboxylic acids is 1. The molecule has 1 N–H and O–H groups in total. The van der Waals surface area contributed by atoms with Gasteiger partial charge >= 0.3 is 5.97 Å². The van der Waals surface area contributed by atoms with Crippen LogP contribution in [0.1, 0.15) is 20.0 Å². The highest BCUT2D eigenvalue weighted by Crippen LogP contribution is 2.27. The predicted octanol–water partition coefficient (Wildman–Crippen LogP) is 2.33. The van der Waals surface area contributed by atoms with E-state index in [4.69, 9.17) is 9.84 Å². The van der Waals surface area contributed by atoms with E-state index in [1.54, 1.807) is 11.4 Å². The summed E-state index contributed by atoms with van der Waals surface area (Å²) < 4.78 is 4.88. The molecule has 0 aliphatic rings. The second-order valence-corrected chi connectivity index (χ2v) is 4.38. The number of pyridine rings is 1. The summed E-state index contributed by atoms with van der Waals surface area (Å²) in [5.41, 5.74) is 1.39. The van der Waals surface area contributed by atoms with Gasteiger partial charge in [-0.15, -0.1) is 11.3 Å². The maximum absolute atomic E-state index is 11.1. The molecular weight excluding hydrogens is 254 g/mol. The molecule has 2 aromatic rings. The molecule has 0 radical (unpaired) electrons. The molecule has 6 heteroatoms. The Morgan fingerprint density at radius 2 is 2.22 bits per heavy atom. The summed E-state index contributed by atoms with van der Waals surface area (Å²) in [6, 6.07) is 3.16. The summed E-state index contributed by atoms with van der Waals surface area (Å²) in [5.74, 6) is -1.04. The van der Waals surface area contributed by atoms with Crippen molar-refractivity contribution in [2.24, 2.45) is 0 Å². The third-order valence-electron chi connectivity index (χ3n) is 2.34. The van der Waals surface area contributed by atoms with Crippen molar-refractivity contribution in [3.63, 3.8) is 0 Å². The first-order valence-electron chi connectivity index (χ1n) is 4.97. The summed E-state index contributed by atoms with van der Waals surface area (Å²) in [6.07, 6.45) is 2.27. The molecule has 0 atom stereocenters. The van der Waals surface area contributed by atoms with E-state index in [0.717, 1.165) is 11.8 Å². The van der Waals surface area contributed by atoms with E-state index in [0.29, 0.717) is 10.4 Å². The number of ether oxygens (including phenoxy) is 1. The molecule has 2 aromatic heterocycles. The fourth-order valence-corrected chi connectivity index (χ4v) is 2.21. The third kappa shape index (κ3) is 2.23. The average Bonchev–Trinajstić information content (AvgIpc) is 2.86. The van der Waals surface area contributed by atoms with E-state index >= 15 is 0 Å². The number of carbonyl (C=O) groups is 2. The maximum atomic E-state index is 11.1. The molecule has 0 unspecified atom stereocenters. The molecule has 0 aromatic carbocycles. The number of carbonyl (C=O) groups excluding carboxylic acids is 1. The van der Waals surface area contributed by atoms with E-state index in [9.17, 15) is 9.59 Å². The third-order valence-corrected chi connectivity index (χ3v) is 3.20. The van der Waals surface area contributed by atoms with E-state index < -0.39 is 5.97 Å². The van der Waals surface area contributed by atoms with Crippen LogP contribution in [0.15, 0.2) is 23.7 Å². The van der Waals surface area contributed by atoms with Crippen molar-refractivity contribution in [1.82, 2.24) is 4.98 Å². The number of hydrogen-bond acceptors (Lipinski definition) is 5. The minimum Gasteiger partial charge on any atom is -0.480 e. The molecule has 0 saturated carbocycles. The number of aromatic nitrogens is 1. The zero-order chi connectivity index (χ0) is 13.1. The molecule has 0 bridgehead atoms. The number of thiophene rings is 1. The van der Waals surface area contributed by atoms with Gasteiger partial charge in [0.2, 0.25) is 5.88 Å². The Bertz CT molecular complexity index is 606. The van der Waals surface area contributed by atoms with Gasteiger partial charge in [-0.2, -0.15) is 0 Å². The van der Waals surface area contributed by atoms with Crippen LogP contribution in [0.25, 0.3) is 11.1 Å². The van der Waals surface area contributed by atoms with Gasteiger partial charge in [-0.1, -0.05) is 0 Å². The fourth-order valence-electron chi connectivity index (χ4n) is 1.49. The van der Waals surface area contributed by atoms with Gasteiger partial charge < -0.3 is 9.84 Å². The molecule has 5 nitrogen and oxygen atoms in total. The van der Waals surface area contributed by atoms with E-state index in [2.05, 4.69) is 4.98 Å². The molecule has 0 aliphatic heterocycles. The second kappa shape index (κ2) is 4.97. The SMILES string of the molecule is COc1ncc(-c2csc(C=O)c2)cc1C(=O)O. The fraction of sp³-hybridized carbons (Fsp3) is 0.0833. The van der Waals surface area contributed by atoms with Crippen LogP contribution < -0.4 is 4.74 Å². The van der Waals surface area contributed by atoms with Crippen LogP contribution in [0.5, 0.6) is 5.88 Å². The molecule has 2 rings (SSSR count). The molecule has 0 amide bonds. The van der Waals surface area contributed by atoms with Crippen molar-refractivity contribution in [1.29, 1.82) is 0 Å². The summed E-state index contributed by atoms with van der Waals surface area (Å²) in [4.78, 5) is 26.2. The lowest BCUT2D eigenvalue weighted by atomic mass is 10.1. The minimum absolute atomic E-state index is 0.00569. The Kier molecular flexibility index (Phi) is 3.38. The van der Waals surface area contributed by atoms with Crippen molar-refractivity contribution < 1.29 is 19.4 Å². The topological polar surface area (TPSA) is 76.5 Å². The first kappa shape index (κ1) is 12.3. The van der Waals surface area contributed by atoms with Crippen molar-refractivity contribution in [2.75, 3.05) is 7.11 Å². The van der Waals surface area contributed by atoms with Crippen molar-refractivity contribution in [2.45, 2.75) is 0 Å². The summed E-state index contributed by atoms with van der Waals surface area (Å²) in [5, 5.41) is 10.8. The maximum Gasteiger partial charge on any atom is 0.341 e. The second-order valence-electron chi connectivity index (χ2n) is 3.44. The van der Waals surface area contributed by atoms with Gasteiger partial charge in [0.05, 0.1) is 12.0 Å². The van der Waals surface area contributed by atoms with E-state index in [1.165, 1.54) is 30.7 Å². The Balaban J connectivity index is 2.49. The highest BCUT2D eigenvalue weighted by atomic mass is 32.1. The van der Waals surface area contributed by atoms with Gasteiger partial charge in [0.15, 0.2) is 6.29 Å². The lowest BCUT2D eigenvalue weighted by Gasteiger charge is -2.05. The summed E-state index contributed by atoms with van der Waals surface area (Å²) >= 11 is 1.29. The largest absolute Gasteiger partial charge is 0.480 e. The molecule has 18 heavy (non-hydrogen) atoms. The van der Waals surface area contributed by atoms with Crippen molar-refractivity contribution in [3.05, 3.63) is 34.2 Å². The molecule has 92 valence electrons.